The molecule has 1 aromatic carbocycles. The van der Waals surface area contributed by atoms with Gasteiger partial charge in [0, 0.05) is 0 Å². The standard InChI is InChI=1S/C10H10O7S.2Na/c1-16-8-4-2-7(3-5-10(11)12)6-9(8)17-18(13,14)15;;/h2-6H,1H3,(H,11,12)(H,13,14,15);;/q;2*+1/p-2/b5-3+;;. The Morgan fingerprint density at radius 3 is 2.30 bits per heavy atom. The van der Waals surface area contributed by atoms with Crippen LogP contribution in [-0.2, 0) is 15.2 Å². The van der Waals surface area contributed by atoms with Crippen LogP contribution < -0.4 is 73.1 Å². The number of carboxylic acid groups (broad SMARTS) is 1. The van der Waals surface area contributed by atoms with Crippen LogP contribution in [0.2, 0.25) is 0 Å². The first kappa shape index (κ1) is 22.2. The van der Waals surface area contributed by atoms with E-state index in [0.29, 0.717) is 5.56 Å². The van der Waals surface area contributed by atoms with Crippen LogP contribution >= 0.6 is 0 Å². The van der Waals surface area contributed by atoms with Gasteiger partial charge in [0.2, 0.25) is 0 Å². The van der Waals surface area contributed by atoms with Crippen molar-refractivity contribution in [1.82, 2.24) is 0 Å². The Labute approximate surface area is 160 Å². The smallest absolute Gasteiger partial charge is 0.716 e. The summed E-state index contributed by atoms with van der Waals surface area (Å²) in [6.07, 6.45) is 1.90. The number of hydrogen-bond donors (Lipinski definition) is 0. The molecule has 0 aromatic heterocycles. The molecule has 0 fully saturated rings. The van der Waals surface area contributed by atoms with Gasteiger partial charge in [-0.15, -0.1) is 0 Å². The third kappa shape index (κ3) is 8.28. The molecular formula is C10H8Na2O7S. The predicted molar refractivity (Wildman–Crippen MR) is 57.4 cm³/mol. The van der Waals surface area contributed by atoms with Crippen molar-refractivity contribution in [1.29, 1.82) is 0 Å². The Hall–Kier alpha value is -0.0600. The average molecular weight is 318 g/mol. The Bertz CT molecular complexity index is 583. The minimum absolute atomic E-state index is 0. The summed E-state index contributed by atoms with van der Waals surface area (Å²) in [6, 6.07) is 3.92. The Morgan fingerprint density at radius 1 is 1.25 bits per heavy atom. The van der Waals surface area contributed by atoms with E-state index < -0.39 is 16.4 Å². The molecule has 20 heavy (non-hydrogen) atoms. The average Bonchev–Trinajstić information content (AvgIpc) is 2.24. The van der Waals surface area contributed by atoms with E-state index in [2.05, 4.69) is 4.18 Å². The zero-order chi connectivity index (χ0) is 13.8. The summed E-state index contributed by atoms with van der Waals surface area (Å²) in [7, 11) is -3.68. The second kappa shape index (κ2) is 9.80. The monoisotopic (exact) mass is 318 g/mol. The van der Waals surface area contributed by atoms with E-state index in [4.69, 9.17) is 4.74 Å². The maximum atomic E-state index is 10.5. The zero-order valence-corrected chi connectivity index (χ0v) is 16.0. The molecule has 0 aliphatic rings. The summed E-state index contributed by atoms with van der Waals surface area (Å²) in [6.45, 7) is 0. The van der Waals surface area contributed by atoms with E-state index in [1.807, 2.05) is 0 Å². The van der Waals surface area contributed by atoms with Gasteiger partial charge in [-0.3, -0.25) is 0 Å². The Balaban J connectivity index is 0. The number of benzene rings is 1. The third-order valence-corrected chi connectivity index (χ3v) is 2.18. The quantitative estimate of drug-likeness (QED) is 0.229. The zero-order valence-electron chi connectivity index (χ0n) is 11.2. The summed E-state index contributed by atoms with van der Waals surface area (Å²) < 4.78 is 40.4. The predicted octanol–water partition coefficient (Wildman–Crippen LogP) is -6.69. The number of aliphatic carboxylic acids is 1. The normalized spacial score (nSPS) is 10.3. The van der Waals surface area contributed by atoms with Gasteiger partial charge >= 0.3 is 59.1 Å². The molecule has 0 radical (unpaired) electrons. The molecule has 7 nitrogen and oxygen atoms in total. The minimum atomic E-state index is -4.94. The van der Waals surface area contributed by atoms with Gasteiger partial charge in [-0.1, -0.05) is 12.1 Å². The molecule has 0 spiro atoms. The molecule has 0 saturated heterocycles. The largest absolute Gasteiger partial charge is 1.00 e. The van der Waals surface area contributed by atoms with Crippen LogP contribution in [0, 0.1) is 0 Å². The summed E-state index contributed by atoms with van der Waals surface area (Å²) in [5.74, 6) is -1.71. The van der Waals surface area contributed by atoms with Crippen LogP contribution in [0.15, 0.2) is 24.3 Å². The molecule has 0 aliphatic heterocycles. The molecule has 0 amide bonds. The topological polar surface area (TPSA) is 116 Å². The molecule has 1 aromatic rings. The van der Waals surface area contributed by atoms with E-state index >= 15 is 0 Å². The molecule has 0 aliphatic carbocycles. The number of carbonyl (C=O) groups excluding carboxylic acids is 1. The first-order valence-corrected chi connectivity index (χ1v) is 5.87. The van der Waals surface area contributed by atoms with E-state index in [1.165, 1.54) is 19.2 Å². The SMILES string of the molecule is COc1ccc(/C=C/C(=O)[O-])cc1OS(=O)(=O)[O-].[Na+].[Na+]. The van der Waals surface area contributed by atoms with Gasteiger partial charge in [0.05, 0.1) is 13.1 Å². The number of carbonyl (C=O) groups is 1. The summed E-state index contributed by atoms with van der Waals surface area (Å²) in [4.78, 5) is 10.2. The van der Waals surface area contributed by atoms with Crippen molar-refractivity contribution < 1.29 is 90.9 Å². The van der Waals surface area contributed by atoms with Crippen LogP contribution in [0.4, 0.5) is 0 Å². The Morgan fingerprint density at radius 2 is 1.85 bits per heavy atom. The van der Waals surface area contributed by atoms with Crippen LogP contribution in [0.5, 0.6) is 11.5 Å². The van der Waals surface area contributed by atoms with Crippen molar-refractivity contribution in [2.24, 2.45) is 0 Å². The first-order chi connectivity index (χ1) is 8.31. The van der Waals surface area contributed by atoms with E-state index in [0.717, 1.165) is 18.2 Å². The van der Waals surface area contributed by atoms with Gasteiger partial charge in [-0.25, -0.2) is 8.42 Å². The number of rotatable bonds is 5. The van der Waals surface area contributed by atoms with Gasteiger partial charge in [0.15, 0.2) is 11.5 Å². The molecule has 0 unspecified atom stereocenters. The van der Waals surface area contributed by atoms with Crippen molar-refractivity contribution >= 4 is 22.4 Å². The fraction of sp³-hybridized carbons (Fsp3) is 0.100. The molecule has 1 rings (SSSR count). The van der Waals surface area contributed by atoms with Crippen LogP contribution in [0.1, 0.15) is 5.56 Å². The van der Waals surface area contributed by atoms with Crippen molar-refractivity contribution in [2.75, 3.05) is 7.11 Å². The van der Waals surface area contributed by atoms with E-state index in [-0.39, 0.29) is 70.6 Å². The van der Waals surface area contributed by atoms with Gasteiger partial charge in [0.1, 0.15) is 0 Å². The summed E-state index contributed by atoms with van der Waals surface area (Å²) in [5, 5.41) is 10.2. The maximum absolute atomic E-state index is 10.5. The van der Waals surface area contributed by atoms with Gasteiger partial charge in [-0.2, -0.15) is 0 Å². The molecule has 98 valence electrons. The molecule has 0 bridgehead atoms. The molecule has 0 saturated carbocycles. The van der Waals surface area contributed by atoms with Crippen LogP contribution in [-0.4, -0.2) is 26.0 Å². The van der Waals surface area contributed by atoms with Gasteiger partial charge < -0.3 is 23.4 Å². The fourth-order valence-corrected chi connectivity index (χ4v) is 1.49. The van der Waals surface area contributed by atoms with Crippen molar-refractivity contribution in [3.63, 3.8) is 0 Å². The fourth-order valence-electron chi connectivity index (χ4n) is 1.14. The number of ether oxygens (including phenoxy) is 1. The van der Waals surface area contributed by atoms with Crippen molar-refractivity contribution in [3.05, 3.63) is 29.8 Å². The molecule has 10 heteroatoms. The van der Waals surface area contributed by atoms with Crippen LogP contribution in [0.25, 0.3) is 6.08 Å². The number of methoxy groups -OCH3 is 1. The van der Waals surface area contributed by atoms with Crippen molar-refractivity contribution in [2.45, 2.75) is 0 Å². The molecule has 0 N–H and O–H groups in total. The summed E-state index contributed by atoms with van der Waals surface area (Å²) >= 11 is 0. The second-order valence-corrected chi connectivity index (χ2v) is 4.04. The molecule has 0 heterocycles. The van der Waals surface area contributed by atoms with Crippen molar-refractivity contribution in [3.8, 4) is 11.5 Å². The minimum Gasteiger partial charge on any atom is -0.716 e. The second-order valence-electron chi connectivity index (χ2n) is 3.05. The number of carboxylic acids is 1. The molecular weight excluding hydrogens is 310 g/mol. The third-order valence-electron chi connectivity index (χ3n) is 1.79. The van der Waals surface area contributed by atoms with Gasteiger partial charge in [0.25, 0.3) is 10.4 Å². The summed E-state index contributed by atoms with van der Waals surface area (Å²) in [5.41, 5.74) is 0.304. The Kier molecular flexibility index (Phi) is 10.9. The number of hydrogen-bond acceptors (Lipinski definition) is 7. The van der Waals surface area contributed by atoms with E-state index in [1.54, 1.807) is 0 Å². The maximum Gasteiger partial charge on any atom is 1.00 e. The first-order valence-electron chi connectivity index (χ1n) is 4.54. The molecule has 0 atom stereocenters. The van der Waals surface area contributed by atoms with Gasteiger partial charge in [-0.05, 0) is 23.8 Å². The van der Waals surface area contributed by atoms with E-state index in [9.17, 15) is 22.9 Å². The van der Waals surface area contributed by atoms with Crippen LogP contribution in [0.3, 0.4) is 0 Å².